The van der Waals surface area contributed by atoms with Gasteiger partial charge in [-0.15, -0.1) is 0 Å². The number of methoxy groups -OCH3 is 1. The van der Waals surface area contributed by atoms with E-state index in [9.17, 15) is 14.9 Å². The van der Waals surface area contributed by atoms with Crippen LogP contribution in [0.5, 0.6) is 0 Å². The number of pyridine rings is 1. The Morgan fingerprint density at radius 2 is 2.21 bits per heavy atom. The van der Waals surface area contributed by atoms with Crippen molar-refractivity contribution in [3.63, 3.8) is 0 Å². The molecule has 0 saturated heterocycles. The summed E-state index contributed by atoms with van der Waals surface area (Å²) in [6.07, 6.45) is 4.72. The van der Waals surface area contributed by atoms with Crippen molar-refractivity contribution >= 4 is 34.7 Å². The summed E-state index contributed by atoms with van der Waals surface area (Å²) < 4.78 is 4.73. The van der Waals surface area contributed by atoms with E-state index in [4.69, 9.17) is 10.5 Å². The maximum Gasteiger partial charge on any atom is 0.418 e. The molecule has 0 aromatic carbocycles. The van der Waals surface area contributed by atoms with Crippen LogP contribution in [0.25, 0.3) is 0 Å². The summed E-state index contributed by atoms with van der Waals surface area (Å²) in [5.41, 5.74) is 6.01. The topological polar surface area (TPSA) is 112 Å². The predicted molar refractivity (Wildman–Crippen MR) is 75.8 cm³/mol. The van der Waals surface area contributed by atoms with Gasteiger partial charge in [-0.1, -0.05) is 0 Å². The molecule has 1 aromatic rings. The molecule has 1 amide bonds. The van der Waals surface area contributed by atoms with Crippen molar-refractivity contribution in [1.82, 2.24) is 4.98 Å². The number of anilines is 1. The average molecular weight is 378 g/mol. The standard InChI is InChI=1S/C10H11IN4O4/c1-19-10(12,15(17)18)9(11)6-14(7-16)8-2-4-13-5-3-8/h2-7H,12H2,1H3. The Labute approximate surface area is 122 Å². The minimum Gasteiger partial charge on any atom is -0.301 e. The van der Waals surface area contributed by atoms with E-state index in [1.54, 1.807) is 34.7 Å². The number of halogens is 1. The molecule has 0 aliphatic rings. The van der Waals surface area contributed by atoms with Crippen LogP contribution in [-0.4, -0.2) is 29.3 Å². The van der Waals surface area contributed by atoms with Gasteiger partial charge in [0.05, 0.1) is 10.6 Å². The third-order valence-corrected chi connectivity index (χ3v) is 3.30. The van der Waals surface area contributed by atoms with E-state index in [2.05, 4.69) is 4.98 Å². The van der Waals surface area contributed by atoms with Crippen LogP contribution in [0.2, 0.25) is 0 Å². The molecule has 0 bridgehead atoms. The molecule has 2 N–H and O–H groups in total. The molecule has 1 heterocycles. The zero-order chi connectivity index (χ0) is 14.5. The van der Waals surface area contributed by atoms with E-state index in [-0.39, 0.29) is 3.58 Å². The maximum atomic E-state index is 11.0. The summed E-state index contributed by atoms with van der Waals surface area (Å²) >= 11 is 1.65. The molecule has 1 atom stereocenters. The van der Waals surface area contributed by atoms with Gasteiger partial charge in [-0.3, -0.25) is 24.8 Å². The molecule has 8 nitrogen and oxygen atoms in total. The first kappa shape index (κ1) is 15.5. The van der Waals surface area contributed by atoms with E-state index in [1.165, 1.54) is 18.6 Å². The van der Waals surface area contributed by atoms with Gasteiger partial charge in [0, 0.05) is 25.7 Å². The molecule has 0 aliphatic carbocycles. The number of nitrogens with zero attached hydrogens (tertiary/aromatic N) is 3. The van der Waals surface area contributed by atoms with Gasteiger partial charge in [-0.2, -0.15) is 0 Å². The van der Waals surface area contributed by atoms with Crippen molar-refractivity contribution in [1.29, 1.82) is 0 Å². The molecular weight excluding hydrogens is 367 g/mol. The number of ether oxygens (including phenoxy) is 1. The number of nitro groups is 1. The number of hydrogen-bond acceptors (Lipinski definition) is 6. The Balaban J connectivity index is 3.11. The van der Waals surface area contributed by atoms with Crippen molar-refractivity contribution in [2.75, 3.05) is 12.0 Å². The van der Waals surface area contributed by atoms with Gasteiger partial charge in [0.15, 0.2) is 0 Å². The summed E-state index contributed by atoms with van der Waals surface area (Å²) in [5, 5.41) is 10.9. The van der Waals surface area contributed by atoms with Gasteiger partial charge in [-0.05, 0) is 34.7 Å². The van der Waals surface area contributed by atoms with E-state index in [1.807, 2.05) is 0 Å². The van der Waals surface area contributed by atoms with Crippen LogP contribution in [-0.2, 0) is 9.53 Å². The lowest BCUT2D eigenvalue weighted by atomic mass is 10.3. The van der Waals surface area contributed by atoms with Crippen molar-refractivity contribution in [2.45, 2.75) is 5.85 Å². The van der Waals surface area contributed by atoms with E-state index in [0.717, 1.165) is 12.0 Å². The van der Waals surface area contributed by atoms with Gasteiger partial charge in [0.2, 0.25) is 6.41 Å². The fraction of sp³-hybridized carbons (Fsp3) is 0.200. The quantitative estimate of drug-likeness (QED) is 0.258. The van der Waals surface area contributed by atoms with E-state index in [0.29, 0.717) is 12.1 Å². The molecule has 1 aromatic heterocycles. The second-order valence-electron chi connectivity index (χ2n) is 3.35. The first-order valence-corrected chi connectivity index (χ1v) is 6.03. The van der Waals surface area contributed by atoms with Gasteiger partial charge in [0.25, 0.3) is 0 Å². The molecule has 0 saturated carbocycles. The molecule has 0 aliphatic heterocycles. The molecular formula is C10H11IN4O4. The molecule has 0 fully saturated rings. The van der Waals surface area contributed by atoms with Crippen molar-refractivity contribution in [3.8, 4) is 0 Å². The monoisotopic (exact) mass is 378 g/mol. The Morgan fingerprint density at radius 3 is 2.63 bits per heavy atom. The summed E-state index contributed by atoms with van der Waals surface area (Å²) in [5.74, 6) is -2.19. The zero-order valence-corrected chi connectivity index (χ0v) is 12.1. The highest BCUT2D eigenvalue weighted by Crippen LogP contribution is 2.24. The van der Waals surface area contributed by atoms with Gasteiger partial charge < -0.3 is 4.74 Å². The largest absolute Gasteiger partial charge is 0.418 e. The van der Waals surface area contributed by atoms with Crippen LogP contribution < -0.4 is 10.6 Å². The summed E-state index contributed by atoms with van der Waals surface area (Å²) in [7, 11) is 1.12. The lowest BCUT2D eigenvalue weighted by Crippen LogP contribution is -2.50. The van der Waals surface area contributed by atoms with Crippen LogP contribution in [0.1, 0.15) is 0 Å². The average Bonchev–Trinajstić information content (AvgIpc) is 2.44. The first-order valence-electron chi connectivity index (χ1n) is 4.95. The van der Waals surface area contributed by atoms with Crippen LogP contribution in [0.15, 0.2) is 34.3 Å². The zero-order valence-electron chi connectivity index (χ0n) is 9.89. The Bertz CT molecular complexity index is 496. The Kier molecular flexibility index (Phi) is 5.32. The van der Waals surface area contributed by atoms with Crippen molar-refractivity contribution in [3.05, 3.63) is 44.4 Å². The lowest BCUT2D eigenvalue weighted by Gasteiger charge is -2.20. The van der Waals surface area contributed by atoms with Crippen LogP contribution in [0.4, 0.5) is 5.69 Å². The van der Waals surface area contributed by atoms with Crippen LogP contribution >= 0.6 is 22.6 Å². The molecule has 1 unspecified atom stereocenters. The van der Waals surface area contributed by atoms with Gasteiger partial charge in [-0.25, -0.2) is 5.73 Å². The SMILES string of the molecule is COC(N)(C(I)=CN(C=O)c1ccncc1)[N+](=O)[O-]. The molecule has 0 radical (unpaired) electrons. The molecule has 0 spiro atoms. The highest BCUT2D eigenvalue weighted by Gasteiger charge is 2.42. The third kappa shape index (κ3) is 3.45. The summed E-state index contributed by atoms with van der Waals surface area (Å²) in [4.78, 5) is 26.1. The lowest BCUT2D eigenvalue weighted by molar-refractivity contribution is -0.610. The number of amides is 1. The number of nitrogens with two attached hydrogens (primary N) is 1. The molecule has 1 rings (SSSR count). The minimum absolute atomic E-state index is 0.0431. The highest BCUT2D eigenvalue weighted by molar-refractivity contribution is 14.1. The number of aromatic nitrogens is 1. The number of hydrogen-bond donors (Lipinski definition) is 1. The van der Waals surface area contributed by atoms with Crippen LogP contribution in [0.3, 0.4) is 0 Å². The number of carbonyl (C=O) groups is 1. The number of carbonyl (C=O) groups excluding carboxylic acids is 1. The highest BCUT2D eigenvalue weighted by atomic mass is 127. The van der Waals surface area contributed by atoms with Crippen molar-refractivity contribution in [2.24, 2.45) is 5.73 Å². The van der Waals surface area contributed by atoms with Gasteiger partial charge in [0.1, 0.15) is 3.58 Å². The number of rotatable bonds is 6. The normalized spacial score (nSPS) is 14.6. The van der Waals surface area contributed by atoms with Gasteiger partial charge >= 0.3 is 5.85 Å². The fourth-order valence-corrected chi connectivity index (χ4v) is 1.87. The Morgan fingerprint density at radius 1 is 1.63 bits per heavy atom. The molecule has 19 heavy (non-hydrogen) atoms. The Hall–Kier alpha value is -1.59. The van der Waals surface area contributed by atoms with E-state index >= 15 is 0 Å². The molecule has 102 valence electrons. The molecule has 9 heteroatoms. The minimum atomic E-state index is -2.19. The third-order valence-electron chi connectivity index (χ3n) is 2.25. The smallest absolute Gasteiger partial charge is 0.301 e. The predicted octanol–water partition coefficient (Wildman–Crippen LogP) is 0.856. The van der Waals surface area contributed by atoms with E-state index < -0.39 is 10.8 Å². The second kappa shape index (κ2) is 6.54. The first-order chi connectivity index (χ1) is 8.95. The maximum absolute atomic E-state index is 11.0. The summed E-state index contributed by atoms with van der Waals surface area (Å²) in [6.45, 7) is 0. The summed E-state index contributed by atoms with van der Waals surface area (Å²) in [6, 6.07) is 3.15. The second-order valence-corrected chi connectivity index (χ2v) is 4.51. The van der Waals surface area contributed by atoms with Crippen molar-refractivity contribution < 1.29 is 14.5 Å². The fourth-order valence-electron chi connectivity index (χ4n) is 1.16. The van der Waals surface area contributed by atoms with Crippen LogP contribution in [0, 0.1) is 10.1 Å².